The first-order chi connectivity index (χ1) is 17.6. The molecule has 0 N–H and O–H groups in total. The monoisotopic (exact) mass is 516 g/mol. The molecule has 192 valence electrons. The maximum Gasteiger partial charge on any atom is 0.453 e. The van der Waals surface area contributed by atoms with Crippen LogP contribution in [0.3, 0.4) is 0 Å². The third-order valence-electron chi connectivity index (χ3n) is 5.17. The summed E-state index contributed by atoms with van der Waals surface area (Å²) < 4.78 is 72.4. The number of alkyl halides is 3. The summed E-state index contributed by atoms with van der Waals surface area (Å²) in [7, 11) is 4.20. The number of carbonyl (C=O) groups excluding carboxylic acids is 1. The summed E-state index contributed by atoms with van der Waals surface area (Å²) in [5.74, 6) is -2.73. The summed E-state index contributed by atoms with van der Waals surface area (Å²) >= 11 is 0. The maximum atomic E-state index is 13.8. The molecule has 0 aliphatic carbocycles. The third-order valence-corrected chi connectivity index (χ3v) is 5.17. The Morgan fingerprint density at radius 1 is 0.811 bits per heavy atom. The van der Waals surface area contributed by atoms with Gasteiger partial charge in [0.25, 0.3) is 5.76 Å². The van der Waals surface area contributed by atoms with E-state index in [1.807, 2.05) is 0 Å². The lowest BCUT2D eigenvalue weighted by atomic mass is 10.2. The molecule has 0 amide bonds. The lowest BCUT2D eigenvalue weighted by molar-refractivity contribution is -0.154. The van der Waals surface area contributed by atoms with Crippen LogP contribution in [0.2, 0.25) is 0 Å². The van der Waals surface area contributed by atoms with Gasteiger partial charge in [-0.25, -0.2) is 4.79 Å². The molecule has 0 aliphatic heterocycles. The van der Waals surface area contributed by atoms with Crippen molar-refractivity contribution >= 4 is 16.9 Å². The van der Waals surface area contributed by atoms with Crippen LogP contribution < -0.4 is 29.1 Å². The molecule has 0 atom stereocenters. The fourth-order valence-corrected chi connectivity index (χ4v) is 3.41. The van der Waals surface area contributed by atoms with Crippen molar-refractivity contribution in [2.24, 2.45) is 0 Å². The van der Waals surface area contributed by atoms with Gasteiger partial charge in [0.2, 0.25) is 11.2 Å². The molecule has 0 bridgehead atoms. The van der Waals surface area contributed by atoms with Gasteiger partial charge in [-0.15, -0.1) is 0 Å². The van der Waals surface area contributed by atoms with Crippen molar-refractivity contribution in [3.63, 3.8) is 0 Å². The number of fused-ring (bicyclic) bond motifs is 1. The number of esters is 1. The SMILES string of the molecule is COc1cccc(Oc2c(C(F)(F)F)oc3cc(OC(=O)c4ccc(OC)c(OC)c4)ccc3c2=O)c1. The van der Waals surface area contributed by atoms with Gasteiger partial charge in [-0.2, -0.15) is 13.2 Å². The molecule has 4 rings (SSSR count). The molecule has 0 aliphatic rings. The van der Waals surface area contributed by atoms with Crippen molar-refractivity contribution < 1.29 is 46.1 Å². The van der Waals surface area contributed by atoms with Crippen LogP contribution in [0.15, 0.2) is 69.9 Å². The second-order valence-electron chi connectivity index (χ2n) is 7.49. The Hall–Kier alpha value is -4.67. The van der Waals surface area contributed by atoms with Gasteiger partial charge in [-0.3, -0.25) is 4.79 Å². The fourth-order valence-electron chi connectivity index (χ4n) is 3.41. The molecule has 0 saturated carbocycles. The number of benzene rings is 3. The van der Waals surface area contributed by atoms with E-state index in [9.17, 15) is 22.8 Å². The highest BCUT2D eigenvalue weighted by molar-refractivity contribution is 5.92. The quantitative estimate of drug-likeness (QED) is 0.223. The number of halogens is 3. The molecule has 4 aromatic rings. The van der Waals surface area contributed by atoms with E-state index < -0.39 is 34.7 Å². The second kappa shape index (κ2) is 10.1. The van der Waals surface area contributed by atoms with Crippen molar-refractivity contribution in [2.45, 2.75) is 6.18 Å². The zero-order chi connectivity index (χ0) is 26.7. The zero-order valence-electron chi connectivity index (χ0n) is 19.7. The average molecular weight is 516 g/mol. The summed E-state index contributed by atoms with van der Waals surface area (Å²) in [5.41, 5.74) is -1.42. The Balaban J connectivity index is 1.72. The van der Waals surface area contributed by atoms with E-state index in [0.717, 1.165) is 6.07 Å². The molecular weight excluding hydrogens is 497 g/mol. The molecule has 11 heteroatoms. The number of ether oxygens (including phenoxy) is 5. The molecule has 0 saturated heterocycles. The Morgan fingerprint density at radius 2 is 1.54 bits per heavy atom. The van der Waals surface area contributed by atoms with Crippen LogP contribution in [0, 0.1) is 0 Å². The highest BCUT2D eigenvalue weighted by atomic mass is 19.4. The van der Waals surface area contributed by atoms with Gasteiger partial charge in [-0.1, -0.05) is 6.07 Å². The highest BCUT2D eigenvalue weighted by Crippen LogP contribution is 2.39. The molecule has 3 aromatic carbocycles. The summed E-state index contributed by atoms with van der Waals surface area (Å²) in [6.45, 7) is 0. The predicted octanol–water partition coefficient (Wildman–Crippen LogP) is 5.85. The van der Waals surface area contributed by atoms with Gasteiger partial charge in [0.15, 0.2) is 11.5 Å². The molecule has 1 aromatic heterocycles. The van der Waals surface area contributed by atoms with Crippen LogP contribution in [0.25, 0.3) is 11.0 Å². The van der Waals surface area contributed by atoms with Crippen LogP contribution in [-0.4, -0.2) is 27.3 Å². The topological polar surface area (TPSA) is 93.4 Å². The first kappa shape index (κ1) is 25.4. The van der Waals surface area contributed by atoms with E-state index in [-0.39, 0.29) is 28.2 Å². The van der Waals surface area contributed by atoms with Crippen molar-refractivity contribution in [2.75, 3.05) is 21.3 Å². The zero-order valence-corrected chi connectivity index (χ0v) is 19.7. The molecule has 8 nitrogen and oxygen atoms in total. The maximum absolute atomic E-state index is 13.8. The van der Waals surface area contributed by atoms with Gasteiger partial charge < -0.3 is 28.1 Å². The van der Waals surface area contributed by atoms with E-state index in [1.54, 1.807) is 6.07 Å². The minimum Gasteiger partial charge on any atom is -0.497 e. The van der Waals surface area contributed by atoms with Crippen LogP contribution in [0.4, 0.5) is 13.2 Å². The smallest absolute Gasteiger partial charge is 0.453 e. The van der Waals surface area contributed by atoms with Crippen LogP contribution in [-0.2, 0) is 6.18 Å². The van der Waals surface area contributed by atoms with Crippen LogP contribution >= 0.6 is 0 Å². The van der Waals surface area contributed by atoms with E-state index in [1.165, 1.54) is 69.9 Å². The Bertz CT molecular complexity index is 1530. The Kier molecular flexibility index (Phi) is 6.96. The number of rotatable bonds is 7. The van der Waals surface area contributed by atoms with Crippen molar-refractivity contribution in [1.82, 2.24) is 0 Å². The molecule has 1 heterocycles. The normalized spacial score (nSPS) is 11.2. The predicted molar refractivity (Wildman–Crippen MR) is 125 cm³/mol. The number of hydrogen-bond donors (Lipinski definition) is 0. The largest absolute Gasteiger partial charge is 0.497 e. The van der Waals surface area contributed by atoms with Crippen molar-refractivity contribution in [3.8, 4) is 34.5 Å². The van der Waals surface area contributed by atoms with E-state index in [0.29, 0.717) is 11.5 Å². The summed E-state index contributed by atoms with van der Waals surface area (Å²) in [6.07, 6.45) is -5.06. The van der Waals surface area contributed by atoms with E-state index in [4.69, 9.17) is 28.1 Å². The van der Waals surface area contributed by atoms with Gasteiger partial charge in [0.1, 0.15) is 22.8 Å². The lowest BCUT2D eigenvalue weighted by Crippen LogP contribution is -2.15. The molecular formula is C26H19F3O8. The summed E-state index contributed by atoms with van der Waals surface area (Å²) in [4.78, 5) is 25.6. The first-order valence-electron chi connectivity index (χ1n) is 10.6. The standard InChI is InChI=1S/C26H19F3O8/c1-32-15-5-4-6-16(12-15)35-23-22(30)18-9-8-17(13-20(18)37-24(23)26(27,28)29)36-25(31)14-7-10-19(33-2)21(11-14)34-3/h4-13H,1-3H3. The van der Waals surface area contributed by atoms with Crippen molar-refractivity contribution in [1.29, 1.82) is 0 Å². The minimum absolute atomic E-state index is 0.0584. The molecule has 0 fully saturated rings. The van der Waals surface area contributed by atoms with E-state index in [2.05, 4.69) is 0 Å². The highest BCUT2D eigenvalue weighted by Gasteiger charge is 2.40. The van der Waals surface area contributed by atoms with Crippen molar-refractivity contribution in [3.05, 3.63) is 82.2 Å². The molecule has 0 radical (unpaired) electrons. The first-order valence-corrected chi connectivity index (χ1v) is 10.6. The van der Waals surface area contributed by atoms with Gasteiger partial charge in [0, 0.05) is 12.1 Å². The Morgan fingerprint density at radius 3 is 2.22 bits per heavy atom. The molecule has 0 unspecified atom stereocenters. The summed E-state index contributed by atoms with van der Waals surface area (Å²) in [6, 6.07) is 13.5. The average Bonchev–Trinajstić information content (AvgIpc) is 2.89. The lowest BCUT2D eigenvalue weighted by Gasteiger charge is -2.14. The third kappa shape index (κ3) is 5.30. The fraction of sp³-hybridized carbons (Fsp3) is 0.154. The number of hydrogen-bond acceptors (Lipinski definition) is 8. The second-order valence-corrected chi connectivity index (χ2v) is 7.49. The van der Waals surface area contributed by atoms with Gasteiger partial charge in [-0.05, 0) is 42.5 Å². The minimum atomic E-state index is -5.06. The van der Waals surface area contributed by atoms with Gasteiger partial charge >= 0.3 is 12.1 Å². The Labute approximate surface area is 207 Å². The van der Waals surface area contributed by atoms with Crippen LogP contribution in [0.1, 0.15) is 16.1 Å². The number of carbonyl (C=O) groups is 1. The molecule has 37 heavy (non-hydrogen) atoms. The molecule has 0 spiro atoms. The van der Waals surface area contributed by atoms with Gasteiger partial charge in [0.05, 0.1) is 32.3 Å². The summed E-state index contributed by atoms with van der Waals surface area (Å²) in [5, 5.41) is -0.211. The van der Waals surface area contributed by atoms with Crippen LogP contribution in [0.5, 0.6) is 34.5 Å². The number of methoxy groups -OCH3 is 3. The van der Waals surface area contributed by atoms with E-state index >= 15 is 0 Å².